The monoisotopic (exact) mass is 394 g/mol. The minimum Gasteiger partial charge on any atom is -0.390 e. The Labute approximate surface area is 172 Å². The Morgan fingerprint density at radius 2 is 1.93 bits per heavy atom. The van der Waals surface area contributed by atoms with Crippen LogP contribution in [-0.4, -0.2) is 54.9 Å². The van der Waals surface area contributed by atoms with Crippen molar-refractivity contribution < 1.29 is 14.6 Å². The molecule has 2 aliphatic rings. The number of carbonyl (C=O) groups is 1. The molecule has 5 heteroatoms. The Kier molecular flexibility index (Phi) is 6.60. The summed E-state index contributed by atoms with van der Waals surface area (Å²) in [6.45, 7) is 4.20. The molecule has 0 aromatic heterocycles. The number of hydrogen-bond acceptors (Lipinski definition) is 4. The van der Waals surface area contributed by atoms with Gasteiger partial charge < -0.3 is 15.2 Å². The zero-order chi connectivity index (χ0) is 20.1. The summed E-state index contributed by atoms with van der Waals surface area (Å²) in [5, 5.41) is 13.3. The summed E-state index contributed by atoms with van der Waals surface area (Å²) in [5.41, 5.74) is 4.59. The summed E-state index contributed by atoms with van der Waals surface area (Å²) in [4.78, 5) is 14.8. The van der Waals surface area contributed by atoms with Crippen LogP contribution in [0.5, 0.6) is 0 Å². The van der Waals surface area contributed by atoms with Crippen molar-refractivity contribution >= 4 is 5.91 Å². The molecule has 2 aliphatic heterocycles. The van der Waals surface area contributed by atoms with Gasteiger partial charge in [0.2, 0.25) is 0 Å². The van der Waals surface area contributed by atoms with Gasteiger partial charge in [0.25, 0.3) is 5.91 Å². The molecule has 0 spiro atoms. The van der Waals surface area contributed by atoms with E-state index in [2.05, 4.69) is 40.5 Å². The van der Waals surface area contributed by atoms with Crippen LogP contribution in [0.1, 0.15) is 45.8 Å². The van der Waals surface area contributed by atoms with E-state index >= 15 is 0 Å². The fraction of sp³-hybridized carbons (Fsp3) is 0.458. The van der Waals surface area contributed by atoms with Crippen LogP contribution in [0.15, 0.2) is 48.5 Å². The van der Waals surface area contributed by atoms with Crippen molar-refractivity contribution in [2.75, 3.05) is 32.8 Å². The van der Waals surface area contributed by atoms with Crippen LogP contribution in [0.3, 0.4) is 0 Å². The first kappa shape index (κ1) is 20.1. The highest BCUT2D eigenvalue weighted by atomic mass is 16.5. The summed E-state index contributed by atoms with van der Waals surface area (Å²) >= 11 is 0. The summed E-state index contributed by atoms with van der Waals surface area (Å²) in [7, 11) is 0. The van der Waals surface area contributed by atoms with Gasteiger partial charge in [0.1, 0.15) is 0 Å². The summed E-state index contributed by atoms with van der Waals surface area (Å²) in [6.07, 6.45) is 2.43. The van der Waals surface area contributed by atoms with Crippen molar-refractivity contribution in [1.82, 2.24) is 10.2 Å². The molecule has 1 saturated heterocycles. The van der Waals surface area contributed by atoms with E-state index in [9.17, 15) is 9.90 Å². The van der Waals surface area contributed by atoms with Gasteiger partial charge in [-0.15, -0.1) is 0 Å². The molecule has 0 saturated carbocycles. The molecule has 1 amide bonds. The number of fused-ring (bicyclic) bond motifs is 1. The molecule has 2 N–H and O–H groups in total. The molecule has 154 valence electrons. The highest BCUT2D eigenvalue weighted by Gasteiger charge is 2.20. The van der Waals surface area contributed by atoms with Gasteiger partial charge in [-0.2, -0.15) is 0 Å². The maximum atomic E-state index is 12.6. The van der Waals surface area contributed by atoms with Crippen LogP contribution in [0.2, 0.25) is 0 Å². The highest BCUT2D eigenvalue weighted by Crippen LogP contribution is 2.27. The smallest absolute Gasteiger partial charge is 0.251 e. The largest absolute Gasteiger partial charge is 0.390 e. The number of aliphatic hydroxyl groups is 1. The summed E-state index contributed by atoms with van der Waals surface area (Å²) in [6, 6.07) is 16.3. The number of aliphatic hydroxyl groups excluding tert-OH is 1. The lowest BCUT2D eigenvalue weighted by Crippen LogP contribution is -2.42. The predicted molar refractivity (Wildman–Crippen MR) is 113 cm³/mol. The minimum absolute atomic E-state index is 0.123. The number of rotatable bonds is 6. The van der Waals surface area contributed by atoms with E-state index in [1.54, 1.807) is 0 Å². The third-order valence-electron chi connectivity index (χ3n) is 6.02. The Morgan fingerprint density at radius 3 is 2.76 bits per heavy atom. The summed E-state index contributed by atoms with van der Waals surface area (Å²) < 4.78 is 5.43. The second-order valence-electron chi connectivity index (χ2n) is 8.13. The van der Waals surface area contributed by atoms with Crippen LogP contribution in [0.4, 0.5) is 0 Å². The first-order chi connectivity index (χ1) is 14.2. The van der Waals surface area contributed by atoms with E-state index in [0.29, 0.717) is 18.0 Å². The van der Waals surface area contributed by atoms with E-state index < -0.39 is 6.10 Å². The minimum atomic E-state index is -0.581. The molecule has 2 aromatic rings. The lowest BCUT2D eigenvalue weighted by molar-refractivity contribution is 0.0838. The highest BCUT2D eigenvalue weighted by molar-refractivity contribution is 5.94. The van der Waals surface area contributed by atoms with E-state index in [-0.39, 0.29) is 12.5 Å². The summed E-state index contributed by atoms with van der Waals surface area (Å²) in [5.74, 6) is 0.339. The van der Waals surface area contributed by atoms with Gasteiger partial charge in [-0.25, -0.2) is 0 Å². The van der Waals surface area contributed by atoms with E-state index in [1.807, 2.05) is 18.2 Å². The molecular formula is C24H30N2O3. The van der Waals surface area contributed by atoms with Gasteiger partial charge in [0, 0.05) is 45.0 Å². The fourth-order valence-corrected chi connectivity index (χ4v) is 4.35. The van der Waals surface area contributed by atoms with Gasteiger partial charge in [0.05, 0.1) is 6.10 Å². The number of hydrogen-bond donors (Lipinski definition) is 2. The molecule has 1 fully saturated rings. The van der Waals surface area contributed by atoms with Crippen LogP contribution < -0.4 is 5.32 Å². The van der Waals surface area contributed by atoms with Crippen molar-refractivity contribution in [3.63, 3.8) is 0 Å². The number of β-amino-alcohol motifs (C(OH)–C–C–N with tert-alkyl or cyclic N) is 1. The molecule has 0 aliphatic carbocycles. The molecule has 4 rings (SSSR count). The lowest BCUT2D eigenvalue weighted by atomic mass is 9.90. The Hall–Kier alpha value is -2.21. The first-order valence-corrected chi connectivity index (χ1v) is 10.6. The number of benzene rings is 2. The van der Waals surface area contributed by atoms with Crippen molar-refractivity contribution in [1.29, 1.82) is 0 Å². The number of amides is 1. The van der Waals surface area contributed by atoms with Crippen LogP contribution in [0.25, 0.3) is 0 Å². The van der Waals surface area contributed by atoms with Crippen LogP contribution >= 0.6 is 0 Å². The molecule has 29 heavy (non-hydrogen) atoms. The first-order valence-electron chi connectivity index (χ1n) is 10.6. The topological polar surface area (TPSA) is 61.8 Å². The number of nitrogens with zero attached hydrogens (tertiary/aromatic N) is 1. The van der Waals surface area contributed by atoms with Crippen LogP contribution in [0, 0.1) is 0 Å². The van der Waals surface area contributed by atoms with Gasteiger partial charge in [-0.05, 0) is 54.0 Å². The normalized spacial score (nSPS) is 18.8. The number of ether oxygens (including phenoxy) is 1. The van der Waals surface area contributed by atoms with Crippen molar-refractivity contribution in [2.24, 2.45) is 0 Å². The van der Waals surface area contributed by atoms with Crippen molar-refractivity contribution in [3.8, 4) is 0 Å². The van der Waals surface area contributed by atoms with Crippen LogP contribution in [-0.2, 0) is 17.7 Å². The predicted octanol–water partition coefficient (Wildman–Crippen LogP) is 2.73. The quantitative estimate of drug-likeness (QED) is 0.791. The van der Waals surface area contributed by atoms with Gasteiger partial charge in [-0.1, -0.05) is 36.4 Å². The third-order valence-corrected chi connectivity index (χ3v) is 6.02. The van der Waals surface area contributed by atoms with Gasteiger partial charge >= 0.3 is 0 Å². The molecule has 5 nitrogen and oxygen atoms in total. The zero-order valence-electron chi connectivity index (χ0n) is 16.8. The van der Waals surface area contributed by atoms with E-state index in [0.717, 1.165) is 45.6 Å². The zero-order valence-corrected chi connectivity index (χ0v) is 16.8. The van der Waals surface area contributed by atoms with Crippen molar-refractivity contribution in [2.45, 2.75) is 37.8 Å². The average Bonchev–Trinajstić information content (AvgIpc) is 2.78. The maximum absolute atomic E-state index is 12.6. The molecular weight excluding hydrogens is 364 g/mol. The molecule has 1 unspecified atom stereocenters. The third kappa shape index (κ3) is 5.24. The number of carbonyl (C=O) groups excluding carboxylic acids is 1. The van der Waals surface area contributed by atoms with E-state index in [4.69, 9.17) is 4.74 Å². The van der Waals surface area contributed by atoms with E-state index in [1.165, 1.54) is 16.7 Å². The van der Waals surface area contributed by atoms with Crippen molar-refractivity contribution in [3.05, 3.63) is 70.8 Å². The van der Waals surface area contributed by atoms with Gasteiger partial charge in [0.15, 0.2) is 0 Å². The molecule has 0 radical (unpaired) electrons. The fourth-order valence-electron chi connectivity index (χ4n) is 4.35. The number of nitrogens with one attached hydrogen (secondary N) is 1. The Bertz CT molecular complexity index is 832. The molecule has 0 bridgehead atoms. The second kappa shape index (κ2) is 9.53. The molecule has 2 aromatic carbocycles. The maximum Gasteiger partial charge on any atom is 0.251 e. The lowest BCUT2D eigenvalue weighted by Gasteiger charge is -2.30. The SMILES string of the molecule is O=C(NCC(O)CN1CCc2ccccc2C1)c1cccc(C2CCOCC2)c1. The van der Waals surface area contributed by atoms with Gasteiger partial charge in [-0.3, -0.25) is 9.69 Å². The Morgan fingerprint density at radius 1 is 1.14 bits per heavy atom. The average molecular weight is 395 g/mol. The Balaban J connectivity index is 1.27. The second-order valence-corrected chi connectivity index (χ2v) is 8.13. The standard InChI is InChI=1S/C24H30N2O3/c27-23(17-26-11-8-18-4-1-2-5-22(18)16-26)15-25-24(28)21-7-3-6-20(14-21)19-9-12-29-13-10-19/h1-7,14,19,23,27H,8-13,15-17H2,(H,25,28). The molecule has 2 heterocycles. The molecule has 1 atom stereocenters.